The van der Waals surface area contributed by atoms with Gasteiger partial charge < -0.3 is 28.4 Å². The maximum Gasteiger partial charge on any atom is 0.373 e. The van der Waals surface area contributed by atoms with Gasteiger partial charge in [-0.15, -0.1) is 0 Å². The van der Waals surface area contributed by atoms with Gasteiger partial charge in [0.15, 0.2) is 11.5 Å². The summed E-state index contributed by atoms with van der Waals surface area (Å²) in [4.78, 5) is 24.4. The van der Waals surface area contributed by atoms with Gasteiger partial charge in [-0.05, 0) is 74.2 Å². The summed E-state index contributed by atoms with van der Waals surface area (Å²) in [6.45, 7) is 14.6. The number of rotatable bonds is 24. The van der Waals surface area contributed by atoms with Gasteiger partial charge in [-0.1, -0.05) is 77.6 Å². The first kappa shape index (κ1) is 39.2. The lowest BCUT2D eigenvalue weighted by molar-refractivity contribution is -0.144. The first-order chi connectivity index (χ1) is 22.8. The molecule has 0 unspecified atom stereocenters. The molecule has 0 bridgehead atoms. The van der Waals surface area contributed by atoms with Crippen molar-refractivity contribution in [3.05, 3.63) is 83.3 Å². The Labute approximate surface area is 282 Å². The number of carbonyl (C=O) groups excluding carboxylic acids is 2. The van der Waals surface area contributed by atoms with Gasteiger partial charge in [-0.25, -0.2) is 9.59 Å². The summed E-state index contributed by atoms with van der Waals surface area (Å²) in [6.07, 6.45) is 10.6. The standard InChI is InChI=1S/C39H56O8/c1-7-11-13-25-44-35(9-3)37(40)46-29-15-27-42-33-21-17-31(18-22-33)39(5,6)32-19-23-34(24-20-32)43-28-16-30-47-38(41)36(10-4)45-26-14-12-8-2/h9-10,17-24H,7-8,11-16,25-30H2,1-6H3. The van der Waals surface area contributed by atoms with Crippen LogP contribution < -0.4 is 9.47 Å². The van der Waals surface area contributed by atoms with Gasteiger partial charge in [0.2, 0.25) is 0 Å². The van der Waals surface area contributed by atoms with Crippen LogP contribution in [0.25, 0.3) is 0 Å². The molecule has 47 heavy (non-hydrogen) atoms. The average molecular weight is 653 g/mol. The number of hydrogen-bond donors (Lipinski definition) is 0. The van der Waals surface area contributed by atoms with Crippen molar-refractivity contribution in [2.45, 2.75) is 98.3 Å². The molecule has 0 radical (unpaired) electrons. The molecule has 0 N–H and O–H groups in total. The maximum atomic E-state index is 12.2. The predicted molar refractivity (Wildman–Crippen MR) is 186 cm³/mol. The zero-order valence-corrected chi connectivity index (χ0v) is 29.4. The van der Waals surface area contributed by atoms with E-state index in [4.69, 9.17) is 28.4 Å². The van der Waals surface area contributed by atoms with Crippen molar-refractivity contribution in [1.82, 2.24) is 0 Å². The molecule has 0 atom stereocenters. The zero-order valence-electron chi connectivity index (χ0n) is 29.4. The van der Waals surface area contributed by atoms with E-state index in [1.807, 2.05) is 24.3 Å². The van der Waals surface area contributed by atoms with Gasteiger partial charge in [0, 0.05) is 18.3 Å². The van der Waals surface area contributed by atoms with E-state index >= 15 is 0 Å². The highest BCUT2D eigenvalue weighted by Gasteiger charge is 2.23. The molecule has 8 heteroatoms. The van der Waals surface area contributed by atoms with Gasteiger partial charge in [-0.2, -0.15) is 0 Å². The highest BCUT2D eigenvalue weighted by molar-refractivity contribution is 5.86. The molecule has 0 amide bonds. The van der Waals surface area contributed by atoms with Crippen molar-refractivity contribution in [1.29, 1.82) is 0 Å². The number of esters is 2. The second kappa shape index (κ2) is 22.6. The second-order valence-corrected chi connectivity index (χ2v) is 11.8. The van der Waals surface area contributed by atoms with Crippen molar-refractivity contribution in [3.63, 3.8) is 0 Å². The van der Waals surface area contributed by atoms with E-state index in [-0.39, 0.29) is 30.1 Å². The third-order valence-corrected chi connectivity index (χ3v) is 7.67. The zero-order chi connectivity index (χ0) is 34.3. The minimum atomic E-state index is -0.434. The molecule has 260 valence electrons. The molecule has 0 heterocycles. The van der Waals surface area contributed by atoms with Crippen LogP contribution in [0.3, 0.4) is 0 Å². The van der Waals surface area contributed by atoms with Crippen molar-refractivity contribution in [3.8, 4) is 11.5 Å². The Morgan fingerprint density at radius 1 is 0.532 bits per heavy atom. The molecule has 2 rings (SSSR count). The molecule has 0 aliphatic heterocycles. The van der Waals surface area contributed by atoms with Crippen LogP contribution in [-0.2, 0) is 34.0 Å². The van der Waals surface area contributed by atoms with Crippen molar-refractivity contribution in [2.24, 2.45) is 0 Å². The van der Waals surface area contributed by atoms with Crippen LogP contribution in [0.5, 0.6) is 11.5 Å². The van der Waals surface area contributed by atoms with Gasteiger partial charge >= 0.3 is 11.9 Å². The van der Waals surface area contributed by atoms with Crippen LogP contribution in [0.2, 0.25) is 0 Å². The Morgan fingerprint density at radius 2 is 0.894 bits per heavy atom. The van der Waals surface area contributed by atoms with Crippen LogP contribution in [0.15, 0.2) is 72.2 Å². The van der Waals surface area contributed by atoms with Gasteiger partial charge in [0.05, 0.1) is 39.6 Å². The number of benzene rings is 2. The van der Waals surface area contributed by atoms with E-state index in [1.54, 1.807) is 26.0 Å². The maximum absolute atomic E-state index is 12.2. The van der Waals surface area contributed by atoms with Crippen LogP contribution in [0.1, 0.15) is 104 Å². The quantitative estimate of drug-likeness (QED) is 0.0481. The summed E-state index contributed by atoms with van der Waals surface area (Å²) in [7, 11) is 0. The molecule has 2 aromatic carbocycles. The Balaban J connectivity index is 1.72. The monoisotopic (exact) mass is 652 g/mol. The van der Waals surface area contributed by atoms with Gasteiger partial charge in [-0.3, -0.25) is 0 Å². The van der Waals surface area contributed by atoms with Crippen molar-refractivity contribution < 1.29 is 38.0 Å². The molecule has 0 saturated carbocycles. The smallest absolute Gasteiger partial charge is 0.373 e. The highest BCUT2D eigenvalue weighted by Crippen LogP contribution is 2.33. The number of unbranched alkanes of at least 4 members (excludes halogenated alkanes) is 4. The average Bonchev–Trinajstić information content (AvgIpc) is 3.08. The largest absolute Gasteiger partial charge is 0.493 e. The molecular weight excluding hydrogens is 596 g/mol. The summed E-state index contributed by atoms with van der Waals surface area (Å²) >= 11 is 0. The summed E-state index contributed by atoms with van der Waals surface area (Å²) < 4.78 is 33.5. The van der Waals surface area contributed by atoms with Crippen LogP contribution in [-0.4, -0.2) is 51.6 Å². The molecule has 0 fully saturated rings. The lowest BCUT2D eigenvalue weighted by Gasteiger charge is -2.26. The van der Waals surface area contributed by atoms with Crippen LogP contribution in [0.4, 0.5) is 0 Å². The molecule has 0 spiro atoms. The van der Waals surface area contributed by atoms with E-state index in [9.17, 15) is 9.59 Å². The van der Waals surface area contributed by atoms with Crippen molar-refractivity contribution in [2.75, 3.05) is 39.6 Å². The van der Waals surface area contributed by atoms with Gasteiger partial charge in [0.25, 0.3) is 0 Å². The number of carbonyl (C=O) groups is 2. The minimum Gasteiger partial charge on any atom is -0.493 e. The van der Waals surface area contributed by atoms with Crippen LogP contribution in [0, 0.1) is 0 Å². The molecule has 0 saturated heterocycles. The van der Waals surface area contributed by atoms with E-state index in [2.05, 4.69) is 52.0 Å². The summed E-state index contributed by atoms with van der Waals surface area (Å²) in [5.41, 5.74) is 2.08. The summed E-state index contributed by atoms with van der Waals surface area (Å²) in [5, 5.41) is 0. The molecule has 0 aliphatic carbocycles. The fourth-order valence-electron chi connectivity index (χ4n) is 4.66. The van der Waals surface area contributed by atoms with E-state index < -0.39 is 11.9 Å². The topological polar surface area (TPSA) is 89.5 Å². The Hall–Kier alpha value is -3.94. The molecule has 2 aromatic rings. The first-order valence-electron chi connectivity index (χ1n) is 17.2. The summed E-state index contributed by atoms with van der Waals surface area (Å²) in [5.74, 6) is 1.19. The molecule has 8 nitrogen and oxygen atoms in total. The summed E-state index contributed by atoms with van der Waals surface area (Å²) in [6, 6.07) is 16.2. The molecular formula is C39H56O8. The fourth-order valence-corrected chi connectivity index (χ4v) is 4.66. The Kier molecular flexibility index (Phi) is 18.8. The number of allylic oxidation sites excluding steroid dienone is 2. The van der Waals surface area contributed by atoms with Crippen LogP contribution >= 0.6 is 0 Å². The second-order valence-electron chi connectivity index (χ2n) is 11.8. The lowest BCUT2D eigenvalue weighted by atomic mass is 9.78. The third kappa shape index (κ3) is 14.6. The SMILES string of the molecule is CC=C(OCCCCC)C(=O)OCCCOc1ccc(C(C)(C)c2ccc(OCCCOC(=O)C(=CC)OCCCCC)cc2)cc1. The Bertz CT molecular complexity index is 1130. The lowest BCUT2D eigenvalue weighted by Crippen LogP contribution is -2.18. The number of hydrogen-bond acceptors (Lipinski definition) is 8. The predicted octanol–water partition coefficient (Wildman–Crippen LogP) is 8.86. The first-order valence-corrected chi connectivity index (χ1v) is 17.2. The fraction of sp³-hybridized carbons (Fsp3) is 0.538. The van der Waals surface area contributed by atoms with Gasteiger partial charge in [0.1, 0.15) is 11.5 Å². The normalized spacial score (nSPS) is 12.0. The highest BCUT2D eigenvalue weighted by atomic mass is 16.6. The molecule has 0 aromatic heterocycles. The molecule has 0 aliphatic rings. The third-order valence-electron chi connectivity index (χ3n) is 7.67. The number of ether oxygens (including phenoxy) is 6. The van der Waals surface area contributed by atoms with E-state index in [1.165, 1.54) is 0 Å². The van der Waals surface area contributed by atoms with E-state index in [0.717, 1.165) is 61.2 Å². The minimum absolute atomic E-state index is 0.230. The Morgan fingerprint density at radius 3 is 1.23 bits per heavy atom. The van der Waals surface area contributed by atoms with E-state index in [0.29, 0.717) is 39.3 Å². The van der Waals surface area contributed by atoms with Crippen molar-refractivity contribution >= 4 is 11.9 Å².